The van der Waals surface area contributed by atoms with Gasteiger partial charge in [0.05, 0.1) is 11.7 Å². The highest BCUT2D eigenvalue weighted by atomic mass is 16.2. The first-order valence-corrected chi connectivity index (χ1v) is 11.4. The predicted octanol–water partition coefficient (Wildman–Crippen LogP) is 3.46. The molecule has 6 heteroatoms. The van der Waals surface area contributed by atoms with Crippen LogP contribution in [0.15, 0.2) is 60.7 Å². The first-order chi connectivity index (χ1) is 15.7. The van der Waals surface area contributed by atoms with Gasteiger partial charge < -0.3 is 14.8 Å². The van der Waals surface area contributed by atoms with Gasteiger partial charge in [0, 0.05) is 38.0 Å². The van der Waals surface area contributed by atoms with Crippen LogP contribution in [0, 0.1) is 0 Å². The standard InChI is InChI=1S/C26H28N4O2/c1-27-26(32)24-22-16-20-13-14-21(17-29(22)25(28-24)19-10-6-3-7-11-19)30(20)23(31)15-12-18-8-4-2-5-9-18/h2-11,20-21H,12-17H2,1H3,(H,27,32)/t20-,21+/m0/s1. The van der Waals surface area contributed by atoms with Crippen molar-refractivity contribution >= 4 is 11.8 Å². The van der Waals surface area contributed by atoms with Gasteiger partial charge in [-0.1, -0.05) is 60.7 Å². The molecule has 2 atom stereocenters. The smallest absolute Gasteiger partial charge is 0.271 e. The number of aromatic nitrogens is 2. The van der Waals surface area contributed by atoms with Gasteiger partial charge in [-0.05, 0) is 24.8 Å². The Morgan fingerprint density at radius 3 is 2.41 bits per heavy atom. The number of amides is 2. The Hall–Kier alpha value is -3.41. The second-order valence-electron chi connectivity index (χ2n) is 8.66. The van der Waals surface area contributed by atoms with E-state index in [1.54, 1.807) is 7.05 Å². The van der Waals surface area contributed by atoms with E-state index in [9.17, 15) is 9.59 Å². The first-order valence-electron chi connectivity index (χ1n) is 11.4. The van der Waals surface area contributed by atoms with E-state index in [0.717, 1.165) is 36.3 Å². The number of carbonyl (C=O) groups excluding carboxylic acids is 2. The van der Waals surface area contributed by atoms with Crippen LogP contribution in [0.4, 0.5) is 0 Å². The lowest BCUT2D eigenvalue weighted by Crippen LogP contribution is -2.42. The Kier molecular flexibility index (Phi) is 5.52. The molecule has 6 nitrogen and oxygen atoms in total. The number of imidazole rings is 1. The molecule has 32 heavy (non-hydrogen) atoms. The Morgan fingerprint density at radius 2 is 1.69 bits per heavy atom. The van der Waals surface area contributed by atoms with Crippen molar-refractivity contribution in [1.29, 1.82) is 0 Å². The van der Waals surface area contributed by atoms with Gasteiger partial charge in [-0.25, -0.2) is 4.98 Å². The van der Waals surface area contributed by atoms with Gasteiger partial charge in [-0.3, -0.25) is 9.59 Å². The molecule has 2 bridgehead atoms. The predicted molar refractivity (Wildman–Crippen MR) is 123 cm³/mol. The number of carbonyl (C=O) groups is 2. The number of nitrogens with one attached hydrogen (secondary N) is 1. The molecule has 1 saturated heterocycles. The fraction of sp³-hybridized carbons (Fsp3) is 0.346. The SMILES string of the molecule is CNC(=O)c1nc(-c2ccccc2)n2c1C[C@@H]1CC[C@H](C2)N1C(=O)CCc1ccccc1. The average Bonchev–Trinajstić information content (AvgIpc) is 3.34. The van der Waals surface area contributed by atoms with Crippen LogP contribution in [0.1, 0.15) is 41.0 Å². The largest absolute Gasteiger partial charge is 0.354 e. The number of nitrogens with zero attached hydrogens (tertiary/aromatic N) is 3. The highest BCUT2D eigenvalue weighted by molar-refractivity contribution is 5.94. The maximum absolute atomic E-state index is 13.3. The molecule has 2 aliphatic heterocycles. The third-order valence-corrected chi connectivity index (χ3v) is 6.75. The number of hydrogen-bond donors (Lipinski definition) is 1. The van der Waals surface area contributed by atoms with Gasteiger partial charge in [0.25, 0.3) is 5.91 Å². The van der Waals surface area contributed by atoms with Gasteiger partial charge >= 0.3 is 0 Å². The van der Waals surface area contributed by atoms with Crippen LogP contribution in [-0.2, 0) is 24.2 Å². The van der Waals surface area contributed by atoms with Crippen LogP contribution in [-0.4, -0.2) is 45.4 Å². The summed E-state index contributed by atoms with van der Waals surface area (Å²) in [5.41, 5.74) is 3.60. The van der Waals surface area contributed by atoms with E-state index in [0.29, 0.717) is 25.1 Å². The second kappa shape index (κ2) is 8.61. The summed E-state index contributed by atoms with van der Waals surface area (Å²) in [5, 5.41) is 2.74. The van der Waals surface area contributed by atoms with Crippen molar-refractivity contribution in [3.05, 3.63) is 77.6 Å². The van der Waals surface area contributed by atoms with Crippen molar-refractivity contribution in [3.8, 4) is 11.4 Å². The zero-order valence-electron chi connectivity index (χ0n) is 18.3. The number of benzene rings is 2. The average molecular weight is 429 g/mol. The molecule has 0 unspecified atom stereocenters. The van der Waals surface area contributed by atoms with E-state index >= 15 is 0 Å². The third-order valence-electron chi connectivity index (χ3n) is 6.75. The molecule has 164 valence electrons. The molecule has 5 rings (SSSR count). The summed E-state index contributed by atoms with van der Waals surface area (Å²) in [6.45, 7) is 0.678. The monoisotopic (exact) mass is 428 g/mol. The summed E-state index contributed by atoms with van der Waals surface area (Å²) in [5.74, 6) is 0.849. The zero-order valence-corrected chi connectivity index (χ0v) is 18.3. The third kappa shape index (κ3) is 3.70. The molecule has 0 saturated carbocycles. The van der Waals surface area contributed by atoms with Gasteiger partial charge in [-0.15, -0.1) is 0 Å². The van der Waals surface area contributed by atoms with E-state index < -0.39 is 0 Å². The minimum absolute atomic E-state index is 0.119. The lowest BCUT2D eigenvalue weighted by molar-refractivity contribution is -0.134. The zero-order chi connectivity index (χ0) is 22.1. The van der Waals surface area contributed by atoms with E-state index in [2.05, 4.69) is 26.9 Å². The second-order valence-corrected chi connectivity index (χ2v) is 8.66. The number of fused-ring (bicyclic) bond motifs is 3. The lowest BCUT2D eigenvalue weighted by Gasteiger charge is -2.28. The molecule has 2 aromatic carbocycles. The minimum Gasteiger partial charge on any atom is -0.354 e. The van der Waals surface area contributed by atoms with Crippen molar-refractivity contribution in [3.63, 3.8) is 0 Å². The summed E-state index contributed by atoms with van der Waals surface area (Å²) in [6.07, 6.45) is 3.89. The van der Waals surface area contributed by atoms with Crippen LogP contribution >= 0.6 is 0 Å². The summed E-state index contributed by atoms with van der Waals surface area (Å²) >= 11 is 0. The van der Waals surface area contributed by atoms with Crippen molar-refractivity contribution in [2.24, 2.45) is 0 Å². The minimum atomic E-state index is -0.171. The first kappa shape index (κ1) is 20.5. The fourth-order valence-electron chi connectivity index (χ4n) is 5.20. The molecule has 1 aromatic heterocycles. The molecule has 2 amide bonds. The summed E-state index contributed by atoms with van der Waals surface area (Å²) in [7, 11) is 1.64. The molecule has 0 radical (unpaired) electrons. The normalized spacial score (nSPS) is 19.3. The van der Waals surface area contributed by atoms with Crippen LogP contribution in [0.3, 0.4) is 0 Å². The van der Waals surface area contributed by atoms with Gasteiger partial charge in [0.1, 0.15) is 11.5 Å². The van der Waals surface area contributed by atoms with Crippen molar-refractivity contribution in [2.45, 2.75) is 50.7 Å². The van der Waals surface area contributed by atoms with Gasteiger partial charge in [-0.2, -0.15) is 0 Å². The van der Waals surface area contributed by atoms with Gasteiger partial charge in [0.2, 0.25) is 5.91 Å². The Bertz CT molecular complexity index is 1120. The molecule has 0 aliphatic carbocycles. The molecular formula is C26H28N4O2. The lowest BCUT2D eigenvalue weighted by atomic mass is 10.0. The van der Waals surface area contributed by atoms with Crippen LogP contribution < -0.4 is 5.32 Å². The maximum Gasteiger partial charge on any atom is 0.271 e. The van der Waals surface area contributed by atoms with E-state index in [1.807, 2.05) is 48.5 Å². The van der Waals surface area contributed by atoms with Crippen LogP contribution in [0.25, 0.3) is 11.4 Å². The topological polar surface area (TPSA) is 67.2 Å². The highest BCUT2D eigenvalue weighted by Gasteiger charge is 2.41. The number of hydrogen-bond acceptors (Lipinski definition) is 3. The van der Waals surface area contributed by atoms with Crippen molar-refractivity contribution in [1.82, 2.24) is 19.8 Å². The Morgan fingerprint density at radius 1 is 1.00 bits per heavy atom. The molecule has 1 N–H and O–H groups in total. The number of rotatable bonds is 5. The molecule has 1 fully saturated rings. The van der Waals surface area contributed by atoms with Crippen molar-refractivity contribution < 1.29 is 9.59 Å². The molecular weight excluding hydrogens is 400 g/mol. The number of aryl methyl sites for hydroxylation is 1. The molecule has 3 aromatic rings. The van der Waals surface area contributed by atoms with E-state index in [4.69, 9.17) is 4.98 Å². The quantitative estimate of drug-likeness (QED) is 0.677. The molecule has 2 aliphatic rings. The summed E-state index contributed by atoms with van der Waals surface area (Å²) < 4.78 is 2.18. The summed E-state index contributed by atoms with van der Waals surface area (Å²) in [6, 6.07) is 20.4. The van der Waals surface area contributed by atoms with Crippen LogP contribution in [0.2, 0.25) is 0 Å². The Balaban J connectivity index is 1.45. The molecule has 3 heterocycles. The van der Waals surface area contributed by atoms with Gasteiger partial charge in [0.15, 0.2) is 0 Å². The molecule has 0 spiro atoms. The van der Waals surface area contributed by atoms with Crippen molar-refractivity contribution in [2.75, 3.05) is 7.05 Å². The summed E-state index contributed by atoms with van der Waals surface area (Å²) in [4.78, 5) is 32.8. The van der Waals surface area contributed by atoms with E-state index in [1.165, 1.54) is 5.56 Å². The van der Waals surface area contributed by atoms with Crippen LogP contribution in [0.5, 0.6) is 0 Å². The van der Waals surface area contributed by atoms with E-state index in [-0.39, 0.29) is 23.9 Å². The highest BCUT2D eigenvalue weighted by Crippen LogP contribution is 2.36. The Labute approximate surface area is 188 Å². The fourth-order valence-corrected chi connectivity index (χ4v) is 5.20. The maximum atomic E-state index is 13.3.